The molecular formula is C30H42N4O5. The van der Waals surface area contributed by atoms with Gasteiger partial charge in [-0.15, -0.1) is 0 Å². The second kappa shape index (κ2) is 12.0. The fourth-order valence-corrected chi connectivity index (χ4v) is 4.11. The molecular weight excluding hydrogens is 496 g/mol. The zero-order valence-corrected chi connectivity index (χ0v) is 24.5. The van der Waals surface area contributed by atoms with Gasteiger partial charge in [0.1, 0.15) is 0 Å². The summed E-state index contributed by atoms with van der Waals surface area (Å²) in [5.74, 6) is 0.156. The summed E-state index contributed by atoms with van der Waals surface area (Å²) in [5.41, 5.74) is 2.31. The average molecular weight is 539 g/mol. The smallest absolute Gasteiger partial charge is 0.325 e. The topological polar surface area (TPSA) is 149 Å². The fraction of sp³-hybridized carbons (Fsp3) is 0.500. The van der Waals surface area contributed by atoms with Crippen LogP contribution in [0.15, 0.2) is 49.8 Å². The van der Waals surface area contributed by atoms with Crippen molar-refractivity contribution in [1.29, 1.82) is 0 Å². The Labute approximate surface area is 228 Å². The molecule has 1 aliphatic carbocycles. The lowest BCUT2D eigenvalue weighted by molar-refractivity contribution is 0.0971. The number of pyridine rings is 2. The van der Waals surface area contributed by atoms with Gasteiger partial charge in [-0.05, 0) is 41.2 Å². The van der Waals surface area contributed by atoms with Crippen LogP contribution in [-0.2, 0) is 22.7 Å². The molecule has 3 aromatic heterocycles. The van der Waals surface area contributed by atoms with E-state index in [4.69, 9.17) is 0 Å². The minimum atomic E-state index is -0.465. The number of nitrogens with one attached hydrogen (secondary N) is 4. The van der Waals surface area contributed by atoms with Gasteiger partial charge in [-0.1, -0.05) is 68.4 Å². The maximum atomic E-state index is 11.9. The van der Waals surface area contributed by atoms with Crippen molar-refractivity contribution in [3.63, 3.8) is 0 Å². The van der Waals surface area contributed by atoms with Crippen molar-refractivity contribution in [3.05, 3.63) is 100 Å². The van der Waals surface area contributed by atoms with Gasteiger partial charge in [-0.3, -0.25) is 24.2 Å². The first-order valence-corrected chi connectivity index (χ1v) is 13.1. The van der Waals surface area contributed by atoms with Crippen molar-refractivity contribution >= 4 is 5.78 Å². The van der Waals surface area contributed by atoms with Gasteiger partial charge in [0.15, 0.2) is 5.78 Å². The molecule has 1 aliphatic rings. The lowest BCUT2D eigenvalue weighted by Gasteiger charge is -2.21. The Bertz CT molecular complexity index is 1530. The van der Waals surface area contributed by atoms with Crippen LogP contribution in [0.1, 0.15) is 108 Å². The summed E-state index contributed by atoms with van der Waals surface area (Å²) in [4.78, 5) is 66.8. The minimum Gasteiger partial charge on any atom is -0.329 e. The Hall–Kier alpha value is -3.75. The van der Waals surface area contributed by atoms with Crippen molar-refractivity contribution < 1.29 is 4.79 Å². The fourth-order valence-electron chi connectivity index (χ4n) is 4.11. The molecule has 0 amide bonds. The van der Waals surface area contributed by atoms with E-state index in [1.165, 1.54) is 6.20 Å². The van der Waals surface area contributed by atoms with E-state index in [1.807, 2.05) is 74.4 Å². The first-order valence-electron chi connectivity index (χ1n) is 13.1. The Balaban J connectivity index is 0.000000210. The molecule has 0 unspecified atom stereocenters. The number of H-pyrrole nitrogens is 4. The van der Waals surface area contributed by atoms with E-state index in [0.29, 0.717) is 17.5 Å². The van der Waals surface area contributed by atoms with Crippen LogP contribution >= 0.6 is 0 Å². The summed E-state index contributed by atoms with van der Waals surface area (Å²) in [6.45, 7) is 17.8. The van der Waals surface area contributed by atoms with Crippen molar-refractivity contribution in [2.24, 2.45) is 0 Å². The largest absolute Gasteiger partial charge is 0.329 e. The number of aromatic amines is 4. The number of Topliss-reactive ketones (excluding diaryl/α,β-unsaturated/α-hetero) is 1. The van der Waals surface area contributed by atoms with Crippen molar-refractivity contribution in [2.45, 2.75) is 97.8 Å². The van der Waals surface area contributed by atoms with Crippen molar-refractivity contribution in [1.82, 2.24) is 19.9 Å². The monoisotopic (exact) mass is 538 g/mol. The molecule has 0 aromatic carbocycles. The highest BCUT2D eigenvalue weighted by Crippen LogP contribution is 2.24. The highest BCUT2D eigenvalue weighted by atomic mass is 16.2. The maximum Gasteiger partial charge on any atom is 0.325 e. The molecule has 0 aliphatic heterocycles. The van der Waals surface area contributed by atoms with Gasteiger partial charge in [0, 0.05) is 46.8 Å². The molecule has 0 radical (unpaired) electrons. The number of aryl methyl sites for hydroxylation is 1. The predicted molar refractivity (Wildman–Crippen MR) is 155 cm³/mol. The van der Waals surface area contributed by atoms with E-state index >= 15 is 0 Å². The molecule has 0 spiro atoms. The van der Waals surface area contributed by atoms with Gasteiger partial charge in [-0.2, -0.15) is 0 Å². The molecule has 9 heteroatoms. The highest BCUT2D eigenvalue weighted by molar-refractivity contribution is 5.98. The first-order chi connectivity index (χ1) is 17.8. The molecule has 4 rings (SSSR count). The van der Waals surface area contributed by atoms with Gasteiger partial charge >= 0.3 is 5.69 Å². The van der Waals surface area contributed by atoms with Crippen LogP contribution in [-0.4, -0.2) is 25.7 Å². The van der Waals surface area contributed by atoms with Crippen LogP contribution in [0.2, 0.25) is 0 Å². The molecule has 3 heterocycles. The number of carbonyl (C=O) groups is 1. The number of ketones is 1. The molecule has 212 valence electrons. The molecule has 0 atom stereocenters. The van der Waals surface area contributed by atoms with Gasteiger partial charge in [-0.25, -0.2) is 4.79 Å². The average Bonchev–Trinajstić information content (AvgIpc) is 2.77. The van der Waals surface area contributed by atoms with Crippen LogP contribution < -0.4 is 22.4 Å². The van der Waals surface area contributed by atoms with Gasteiger partial charge in [0.05, 0.1) is 0 Å². The van der Waals surface area contributed by atoms with E-state index in [1.54, 1.807) is 12.3 Å². The molecule has 0 fully saturated rings. The normalized spacial score (nSPS) is 13.4. The maximum absolute atomic E-state index is 11.9. The van der Waals surface area contributed by atoms with Gasteiger partial charge in [0.25, 0.3) is 16.7 Å². The van der Waals surface area contributed by atoms with Crippen molar-refractivity contribution in [3.8, 4) is 0 Å². The quantitative estimate of drug-likeness (QED) is 0.338. The molecule has 39 heavy (non-hydrogen) atoms. The number of hydrogen-bond donors (Lipinski definition) is 4. The summed E-state index contributed by atoms with van der Waals surface area (Å²) >= 11 is 0. The number of hydrogen-bond acceptors (Lipinski definition) is 5. The summed E-state index contributed by atoms with van der Waals surface area (Å²) in [6, 6.07) is 5.50. The second-order valence-corrected chi connectivity index (χ2v) is 12.8. The summed E-state index contributed by atoms with van der Waals surface area (Å²) in [6.07, 6.45) is 5.36. The molecule has 0 saturated heterocycles. The Morgan fingerprint density at radius 2 is 1.21 bits per heavy atom. The van der Waals surface area contributed by atoms with Crippen LogP contribution in [0.3, 0.4) is 0 Å². The van der Waals surface area contributed by atoms with Gasteiger partial charge in [0.2, 0.25) is 0 Å². The van der Waals surface area contributed by atoms with Crippen LogP contribution in [0, 0.1) is 0 Å². The Morgan fingerprint density at radius 3 is 1.69 bits per heavy atom. The first kappa shape index (κ1) is 31.5. The van der Waals surface area contributed by atoms with Gasteiger partial charge < -0.3 is 15.0 Å². The summed E-state index contributed by atoms with van der Waals surface area (Å²) < 4.78 is 0. The highest BCUT2D eigenvalue weighted by Gasteiger charge is 2.24. The third-order valence-corrected chi connectivity index (χ3v) is 6.32. The predicted octanol–water partition coefficient (Wildman–Crippen LogP) is 4.22. The third-order valence-electron chi connectivity index (χ3n) is 6.32. The van der Waals surface area contributed by atoms with E-state index in [2.05, 4.69) is 19.9 Å². The SMILES string of the molecule is CC(C)(C)c1c[nH]c(=O)[nH]c1=O.CC(C)(C)c1cc2c([nH]c1=O)CCCC2=O.CC(C)(C)c1ccc[nH]c1=O. The molecule has 9 nitrogen and oxygen atoms in total. The zero-order valence-electron chi connectivity index (χ0n) is 24.5. The lowest BCUT2D eigenvalue weighted by atomic mass is 9.84. The number of carbonyl (C=O) groups excluding carboxylic acids is 1. The number of fused-ring (bicyclic) bond motifs is 1. The number of rotatable bonds is 0. The molecule has 3 aromatic rings. The van der Waals surface area contributed by atoms with E-state index in [-0.39, 0.29) is 38.7 Å². The Morgan fingerprint density at radius 1 is 0.641 bits per heavy atom. The van der Waals surface area contributed by atoms with Crippen LogP contribution in [0.4, 0.5) is 0 Å². The second-order valence-electron chi connectivity index (χ2n) is 12.8. The summed E-state index contributed by atoms with van der Waals surface area (Å²) in [7, 11) is 0. The van der Waals surface area contributed by atoms with Crippen molar-refractivity contribution in [2.75, 3.05) is 0 Å². The van der Waals surface area contributed by atoms with Crippen LogP contribution in [0.5, 0.6) is 0 Å². The lowest BCUT2D eigenvalue weighted by Crippen LogP contribution is -2.30. The van der Waals surface area contributed by atoms with Crippen LogP contribution in [0.25, 0.3) is 0 Å². The van der Waals surface area contributed by atoms with E-state index in [9.17, 15) is 24.0 Å². The minimum absolute atomic E-state index is 0.0139. The summed E-state index contributed by atoms with van der Waals surface area (Å²) in [5, 5.41) is 0. The third kappa shape index (κ3) is 8.63. The van der Waals surface area contributed by atoms with E-state index in [0.717, 1.165) is 29.7 Å². The molecule has 0 bridgehead atoms. The molecule has 0 saturated carbocycles. The standard InChI is InChI=1S/C13H17NO2.C9H13NO.C8H12N2O2/c1-13(2,3)9-7-8-10(14-12(9)16)5-4-6-11(8)15;1-9(2,3)7-5-4-6-10-8(7)11;1-8(2,3)5-4-9-7(12)10-6(5)11/h7H,4-6H2,1-3H3,(H,14,16);4-6H,1-3H3,(H,10,11);4H,1-3H3,(H2,9,10,11,12). The van der Waals surface area contributed by atoms with E-state index < -0.39 is 5.69 Å². The molecule has 4 N–H and O–H groups in total. The zero-order chi connectivity index (χ0) is 29.8. The Kier molecular flexibility index (Phi) is 9.66. The number of aromatic nitrogens is 4.